The second-order valence-electron chi connectivity index (χ2n) is 38.1. The zero-order chi connectivity index (χ0) is 95.5. The molecule has 0 bridgehead atoms. The van der Waals surface area contributed by atoms with Crippen molar-refractivity contribution < 1.29 is 0 Å². The molecule has 148 heavy (non-hydrogen) atoms. The largest absolute Gasteiger partial charge is 0.135 e. The van der Waals surface area contributed by atoms with E-state index in [0.717, 1.165) is 0 Å². The van der Waals surface area contributed by atoms with Gasteiger partial charge in [0.05, 0.1) is 0 Å². The molecule has 3 aromatic heterocycles. The highest BCUT2D eigenvalue weighted by molar-refractivity contribution is 7.19. The predicted octanol–water partition coefficient (Wildman–Crippen LogP) is 43.8. The van der Waals surface area contributed by atoms with Gasteiger partial charge in [-0.25, -0.2) is 0 Å². The van der Waals surface area contributed by atoms with Crippen LogP contribution in [0.4, 0.5) is 0 Å². The zero-order valence-corrected chi connectivity index (χ0v) is 81.5. The summed E-state index contributed by atoms with van der Waals surface area (Å²) < 4.78 is 0. The van der Waals surface area contributed by atoms with E-state index in [0.29, 0.717) is 0 Å². The molecule has 0 aliphatic carbocycles. The van der Waals surface area contributed by atoms with E-state index in [-0.39, 0.29) is 22.3 Å². The molecule has 0 saturated heterocycles. The van der Waals surface area contributed by atoms with E-state index in [4.69, 9.17) is 0 Å². The summed E-state index contributed by atoms with van der Waals surface area (Å²) in [6.07, 6.45) is 0. The van der Waals surface area contributed by atoms with Crippen LogP contribution in [0.15, 0.2) is 534 Å². The van der Waals surface area contributed by atoms with Crippen LogP contribution in [0.2, 0.25) is 0 Å². The molecule has 0 aliphatic heterocycles. The van der Waals surface area contributed by atoms with Gasteiger partial charge in [-0.15, -0.1) is 34.0 Å². The van der Waals surface area contributed by atoms with Crippen LogP contribution in [0.1, 0.15) is 22.3 Å². The molecule has 0 N–H and O–H groups in total. The highest BCUT2D eigenvalue weighted by Gasteiger charge is 2.26. The van der Waals surface area contributed by atoms with E-state index >= 15 is 0 Å². The van der Waals surface area contributed by atoms with Crippen LogP contribution in [0.5, 0.6) is 0 Å². The van der Waals surface area contributed by atoms with Crippen LogP contribution in [-0.4, -0.2) is 0 Å². The molecule has 698 valence electrons. The molecule has 0 spiro atoms. The smallest absolute Gasteiger partial charge is 0.0349 e. The average molecular weight is 1940 g/mol. The Kier molecular flexibility index (Phi) is 23.7. The maximum absolute atomic E-state index is 2.38. The quantitative estimate of drug-likeness (QED) is 0.0797. The first-order valence-electron chi connectivity index (χ1n) is 49.9. The Hall–Kier alpha value is -17.8. The third-order valence-electron chi connectivity index (χ3n) is 29.9. The summed E-state index contributed by atoms with van der Waals surface area (Å²) in [7, 11) is 0. The van der Waals surface area contributed by atoms with E-state index in [9.17, 15) is 0 Å². The third-order valence-corrected chi connectivity index (χ3v) is 33.5. The topological polar surface area (TPSA) is 0 Å². The molecule has 0 fully saturated rings. The van der Waals surface area contributed by atoms with Crippen LogP contribution < -0.4 is 0 Å². The number of thiophene rings is 3. The molecule has 0 aliphatic rings. The normalized spacial score (nSPS) is 11.5. The Morgan fingerprint density at radius 2 is 0.331 bits per heavy atom. The van der Waals surface area contributed by atoms with Gasteiger partial charge in [-0.05, 0) is 323 Å². The summed E-state index contributed by atoms with van der Waals surface area (Å²) in [4.78, 5) is 7.71. The molecular weight excluding hydrogens is 1840 g/mol. The molecule has 3 heteroatoms. The molecule has 0 atom stereocenters. The highest BCUT2D eigenvalue weighted by Crippen LogP contribution is 2.54. The Bertz CT molecular complexity index is 10100. The fraction of sp³-hybridized carbons (Fsp3) is 0.0207. The second-order valence-corrected chi connectivity index (χ2v) is 41.3. The SMILES string of the molecule is C.C.C.c1ccc(-c2ccc(-c3cccc(-c4c5ccccc5c(-c5ccc(-c6ccc7ccccc7c6)cc5)c5ccccc45)c3)s2)cc1.c1ccc(-c2ccc(-c3cccc(-c4c5ccccc5c(-c5ccc6c7cccc8cccc(c9cccc5c96)c87)c5ccccc45)c3)s2)cc1.c1ccc(-c2ccc(-c3cccc(-c4c5ccccc5c(-c5ccc6ccc7cccc8ccc5c6c78)c5ccccc45)c3)s2)cc1. The maximum Gasteiger partial charge on any atom is 0.0349 e. The first-order chi connectivity index (χ1) is 71.9. The van der Waals surface area contributed by atoms with Crippen LogP contribution in [0.3, 0.4) is 0 Å². The highest BCUT2D eigenvalue weighted by atomic mass is 32.1. The van der Waals surface area contributed by atoms with Gasteiger partial charge in [0, 0.05) is 29.3 Å². The van der Waals surface area contributed by atoms with E-state index in [2.05, 4.69) is 534 Å². The summed E-state index contributed by atoms with van der Waals surface area (Å²) in [6, 6.07) is 197. The molecule has 0 amide bonds. The van der Waals surface area contributed by atoms with Gasteiger partial charge in [0.1, 0.15) is 0 Å². The third kappa shape index (κ3) is 15.7. The standard InChI is InChI=1S/C50H30S.C46H28S.C46H30S.3CH4/c1-2-12-31(13-3-1)45-28-29-46(51-45)33-16-8-17-34(30-33)48-35-18-4-6-20-39(35)49(40-21-7-5-19-36(40)48)44-27-26-43-38-23-10-15-32-14-9-22-37(47(32)38)41-24-11-25-42(44)50(41)43;1-2-10-29(11-3-1)41-26-27-42(47-41)33-14-9-15-34(28-33)44-35-16-4-6-18-37(35)46(38-19-7-5-17-36(38)44)40-25-23-32-21-20-30-12-8-13-31-22-24-39(40)45(32)43(30)31;1-2-12-33(13-3-1)43-27-28-44(47-43)37-15-10-16-38(30-37)46-41-19-8-6-17-39(41)45(40-18-7-9-20-42(40)46)34-24-21-32(22-25-34)36-26-23-31-11-4-5-14-35(31)29-36;;;/h1-30H;1-28H;1-30H;3*1H4. The Balaban J connectivity index is 0.000000114. The minimum atomic E-state index is 0. The molecule has 3 heterocycles. The van der Waals surface area contributed by atoms with Gasteiger partial charge in [-0.3, -0.25) is 0 Å². The van der Waals surface area contributed by atoms with Crippen molar-refractivity contribution >= 4 is 185 Å². The van der Waals surface area contributed by atoms with Gasteiger partial charge in [-0.2, -0.15) is 0 Å². The van der Waals surface area contributed by atoms with Gasteiger partial charge in [0.15, 0.2) is 0 Å². The molecule has 0 saturated carbocycles. The zero-order valence-electron chi connectivity index (χ0n) is 79.0. The lowest BCUT2D eigenvalue weighted by Gasteiger charge is -2.20. The summed E-state index contributed by atoms with van der Waals surface area (Å²) in [5.74, 6) is 0. The lowest BCUT2D eigenvalue weighted by atomic mass is 9.82. The number of benzene rings is 27. The van der Waals surface area contributed by atoms with E-state index in [1.807, 2.05) is 34.0 Å². The van der Waals surface area contributed by atoms with Crippen molar-refractivity contribution in [3.8, 4) is 141 Å². The first-order valence-corrected chi connectivity index (χ1v) is 52.3. The summed E-state index contributed by atoms with van der Waals surface area (Å²) >= 11 is 5.56. The van der Waals surface area contributed by atoms with Gasteiger partial charge >= 0.3 is 0 Å². The van der Waals surface area contributed by atoms with Crippen LogP contribution in [0.25, 0.3) is 291 Å². The van der Waals surface area contributed by atoms with E-state index in [1.54, 1.807) is 0 Å². The lowest BCUT2D eigenvalue weighted by Crippen LogP contribution is -1.93. The molecule has 30 rings (SSSR count). The fourth-order valence-electron chi connectivity index (χ4n) is 23.5. The van der Waals surface area contributed by atoms with Crippen LogP contribution in [-0.2, 0) is 0 Å². The van der Waals surface area contributed by atoms with Crippen molar-refractivity contribution in [2.45, 2.75) is 22.3 Å². The summed E-state index contributed by atoms with van der Waals surface area (Å²) in [5, 5.41) is 36.3. The van der Waals surface area contributed by atoms with E-state index in [1.165, 1.54) is 291 Å². The van der Waals surface area contributed by atoms with Crippen LogP contribution in [0, 0.1) is 0 Å². The van der Waals surface area contributed by atoms with Crippen LogP contribution >= 0.6 is 34.0 Å². The number of hydrogen-bond donors (Lipinski definition) is 0. The maximum atomic E-state index is 2.38. The lowest BCUT2D eigenvalue weighted by molar-refractivity contribution is 1.62. The average Bonchev–Trinajstić information content (AvgIpc) is 0.897. The minimum absolute atomic E-state index is 0. The molecule has 0 unspecified atom stereocenters. The molecule has 0 nitrogen and oxygen atoms in total. The number of fused-ring (bicyclic) bond motifs is 9. The van der Waals surface area contributed by atoms with Crippen molar-refractivity contribution in [3.63, 3.8) is 0 Å². The number of rotatable bonds is 13. The Morgan fingerprint density at radius 1 is 0.101 bits per heavy atom. The predicted molar refractivity (Wildman–Crippen MR) is 651 cm³/mol. The molecule has 0 radical (unpaired) electrons. The van der Waals surface area contributed by atoms with Crippen molar-refractivity contribution in [1.82, 2.24) is 0 Å². The Labute approximate surface area is 874 Å². The van der Waals surface area contributed by atoms with Crippen molar-refractivity contribution in [3.05, 3.63) is 534 Å². The van der Waals surface area contributed by atoms with Gasteiger partial charge in [0.25, 0.3) is 0 Å². The van der Waals surface area contributed by atoms with Gasteiger partial charge in [0.2, 0.25) is 0 Å². The van der Waals surface area contributed by atoms with E-state index < -0.39 is 0 Å². The molecule has 27 aromatic carbocycles. The van der Waals surface area contributed by atoms with Gasteiger partial charge in [-0.1, -0.05) is 495 Å². The first kappa shape index (κ1) is 91.4. The monoisotopic (exact) mass is 1940 g/mol. The van der Waals surface area contributed by atoms with Crippen molar-refractivity contribution in [2.24, 2.45) is 0 Å². The molecule has 30 aromatic rings. The summed E-state index contributed by atoms with van der Waals surface area (Å²) in [6.45, 7) is 0. The molecular formula is C145H100S3. The van der Waals surface area contributed by atoms with Gasteiger partial charge < -0.3 is 0 Å². The minimum Gasteiger partial charge on any atom is -0.135 e. The second kappa shape index (κ2) is 38.4. The van der Waals surface area contributed by atoms with Crippen molar-refractivity contribution in [2.75, 3.05) is 0 Å². The number of hydrogen-bond acceptors (Lipinski definition) is 3. The van der Waals surface area contributed by atoms with Crippen molar-refractivity contribution in [1.29, 1.82) is 0 Å². The Morgan fingerprint density at radius 3 is 0.736 bits per heavy atom. The summed E-state index contributed by atoms with van der Waals surface area (Å²) in [5.41, 5.74) is 25.3. The fourth-order valence-corrected chi connectivity index (χ4v) is 26.5.